The topological polar surface area (TPSA) is 33.6 Å². The second-order valence-corrected chi connectivity index (χ2v) is 5.08. The third kappa shape index (κ3) is 1.66. The van der Waals surface area contributed by atoms with Crippen LogP contribution in [0.3, 0.4) is 0 Å². The summed E-state index contributed by atoms with van der Waals surface area (Å²) in [7, 11) is 0. The molecule has 96 valence electrons. The normalized spacial score (nSPS) is 11.2. The van der Waals surface area contributed by atoms with Crippen LogP contribution in [0, 0.1) is 4.64 Å². The predicted octanol–water partition coefficient (Wildman–Crippen LogP) is 4.24. The molecule has 2 aromatic carbocycles. The summed E-state index contributed by atoms with van der Waals surface area (Å²) in [6.45, 7) is 0. The van der Waals surface area contributed by atoms with Crippen molar-refractivity contribution in [2.24, 2.45) is 0 Å². The van der Waals surface area contributed by atoms with E-state index in [4.69, 9.17) is 17.3 Å². The molecule has 2 heterocycles. The van der Waals surface area contributed by atoms with Crippen LogP contribution in [0.5, 0.6) is 0 Å². The molecule has 4 heteroatoms. The molecule has 0 aliphatic carbocycles. The van der Waals surface area contributed by atoms with Crippen molar-refractivity contribution in [3.05, 3.63) is 65.4 Å². The number of rotatable bonds is 1. The fourth-order valence-electron chi connectivity index (χ4n) is 2.44. The lowest BCUT2D eigenvalue weighted by Gasteiger charge is -1.99. The zero-order valence-electron chi connectivity index (χ0n) is 10.6. The van der Waals surface area contributed by atoms with Crippen molar-refractivity contribution in [1.29, 1.82) is 0 Å². The Morgan fingerprint density at radius 2 is 1.65 bits per heavy atom. The highest BCUT2D eigenvalue weighted by Gasteiger charge is 2.08. The van der Waals surface area contributed by atoms with Crippen molar-refractivity contribution in [2.45, 2.75) is 0 Å². The third-order valence-electron chi connectivity index (χ3n) is 3.41. The van der Waals surface area contributed by atoms with Gasteiger partial charge in [0.15, 0.2) is 0 Å². The van der Waals surface area contributed by atoms with Gasteiger partial charge in [0.2, 0.25) is 0 Å². The molecular formula is C16H11N3S. The first-order chi connectivity index (χ1) is 9.83. The minimum absolute atomic E-state index is 0.723. The second-order valence-electron chi connectivity index (χ2n) is 4.67. The molecule has 0 saturated heterocycles. The summed E-state index contributed by atoms with van der Waals surface area (Å²) in [5.41, 5.74) is 2.98. The van der Waals surface area contributed by atoms with Crippen molar-refractivity contribution in [3.8, 4) is 5.69 Å². The van der Waals surface area contributed by atoms with Crippen molar-refractivity contribution < 1.29 is 0 Å². The minimum Gasteiger partial charge on any atom is -0.345 e. The molecule has 4 aromatic rings. The number of pyridine rings is 1. The van der Waals surface area contributed by atoms with Crippen LogP contribution in [0.2, 0.25) is 0 Å². The lowest BCUT2D eigenvalue weighted by Crippen LogP contribution is -1.92. The Kier molecular flexibility index (Phi) is 2.44. The maximum absolute atomic E-state index is 5.44. The zero-order chi connectivity index (χ0) is 13.5. The van der Waals surface area contributed by atoms with Crippen LogP contribution < -0.4 is 0 Å². The van der Waals surface area contributed by atoms with Crippen LogP contribution in [-0.2, 0) is 0 Å². The van der Waals surface area contributed by atoms with Gasteiger partial charge in [-0.2, -0.15) is 5.10 Å². The Hall–Kier alpha value is -2.46. The van der Waals surface area contributed by atoms with Gasteiger partial charge in [0.05, 0.1) is 11.1 Å². The lowest BCUT2D eigenvalue weighted by atomic mass is 10.2. The average molecular weight is 277 g/mol. The molecule has 0 unspecified atom stereocenters. The number of fused-ring (bicyclic) bond motifs is 3. The van der Waals surface area contributed by atoms with Crippen LogP contribution in [0.25, 0.3) is 27.5 Å². The van der Waals surface area contributed by atoms with E-state index in [0.717, 1.165) is 32.1 Å². The van der Waals surface area contributed by atoms with Gasteiger partial charge in [0.25, 0.3) is 0 Å². The van der Waals surface area contributed by atoms with E-state index in [1.807, 2.05) is 59.4 Å². The Balaban J connectivity index is 2.11. The Labute approximate surface area is 120 Å². The van der Waals surface area contributed by atoms with E-state index in [1.54, 1.807) is 0 Å². The molecule has 0 radical (unpaired) electrons. The fraction of sp³-hybridized carbons (Fsp3) is 0. The summed E-state index contributed by atoms with van der Waals surface area (Å²) in [5.74, 6) is 0. The SMILES string of the molecule is S=c1[nH]c2ccccc2c2nn(-c3ccccc3)cc12. The van der Waals surface area contributed by atoms with Crippen LogP contribution in [0.1, 0.15) is 0 Å². The first-order valence-corrected chi connectivity index (χ1v) is 6.79. The quantitative estimate of drug-likeness (QED) is 0.528. The largest absolute Gasteiger partial charge is 0.345 e. The van der Waals surface area contributed by atoms with Crippen LogP contribution >= 0.6 is 12.2 Å². The van der Waals surface area contributed by atoms with Gasteiger partial charge in [-0.15, -0.1) is 0 Å². The highest BCUT2D eigenvalue weighted by atomic mass is 32.1. The van der Waals surface area contributed by atoms with E-state index in [1.165, 1.54) is 0 Å². The van der Waals surface area contributed by atoms with E-state index in [-0.39, 0.29) is 0 Å². The second kappa shape index (κ2) is 4.28. The average Bonchev–Trinajstić information content (AvgIpc) is 2.94. The highest BCUT2D eigenvalue weighted by molar-refractivity contribution is 7.71. The molecule has 0 aliphatic rings. The van der Waals surface area contributed by atoms with E-state index in [0.29, 0.717) is 0 Å². The van der Waals surface area contributed by atoms with Crippen molar-refractivity contribution >= 4 is 34.0 Å². The Morgan fingerprint density at radius 3 is 2.50 bits per heavy atom. The van der Waals surface area contributed by atoms with Gasteiger partial charge in [-0.3, -0.25) is 0 Å². The number of hydrogen-bond acceptors (Lipinski definition) is 2. The summed E-state index contributed by atoms with van der Waals surface area (Å²) < 4.78 is 2.60. The summed E-state index contributed by atoms with van der Waals surface area (Å²) in [5, 5.41) is 6.77. The monoisotopic (exact) mass is 277 g/mol. The molecule has 1 N–H and O–H groups in total. The number of nitrogens with zero attached hydrogens (tertiary/aromatic N) is 2. The molecule has 0 saturated carbocycles. The number of hydrogen-bond donors (Lipinski definition) is 1. The molecule has 0 bridgehead atoms. The molecule has 0 aliphatic heterocycles. The van der Waals surface area contributed by atoms with Gasteiger partial charge in [0.1, 0.15) is 10.2 Å². The van der Waals surface area contributed by atoms with Crippen molar-refractivity contribution in [2.75, 3.05) is 0 Å². The van der Waals surface area contributed by atoms with Gasteiger partial charge in [0, 0.05) is 17.1 Å². The van der Waals surface area contributed by atoms with Gasteiger partial charge < -0.3 is 4.98 Å². The maximum Gasteiger partial charge on any atom is 0.114 e. The summed E-state index contributed by atoms with van der Waals surface area (Å²) in [6.07, 6.45) is 1.98. The van der Waals surface area contributed by atoms with Crippen LogP contribution in [-0.4, -0.2) is 14.8 Å². The van der Waals surface area contributed by atoms with Crippen molar-refractivity contribution in [1.82, 2.24) is 14.8 Å². The number of aromatic nitrogens is 3. The number of nitrogens with one attached hydrogen (secondary N) is 1. The molecular weight excluding hydrogens is 266 g/mol. The standard InChI is InChI=1S/C16H11N3S/c20-16-13-10-19(11-6-2-1-3-7-11)18-15(13)12-8-4-5-9-14(12)17-16/h1-10H,(H,17,20). The number of H-pyrrole nitrogens is 1. The number of para-hydroxylation sites is 2. The molecule has 4 rings (SSSR count). The van der Waals surface area contributed by atoms with Gasteiger partial charge in [-0.25, -0.2) is 4.68 Å². The first kappa shape index (κ1) is 11.4. The molecule has 2 aromatic heterocycles. The van der Waals surface area contributed by atoms with E-state index in [2.05, 4.69) is 11.1 Å². The fourth-order valence-corrected chi connectivity index (χ4v) is 2.70. The molecule has 20 heavy (non-hydrogen) atoms. The Morgan fingerprint density at radius 1 is 0.900 bits per heavy atom. The summed E-state index contributed by atoms with van der Waals surface area (Å²) >= 11 is 5.44. The maximum atomic E-state index is 5.44. The van der Waals surface area contributed by atoms with Gasteiger partial charge >= 0.3 is 0 Å². The van der Waals surface area contributed by atoms with Crippen LogP contribution in [0.15, 0.2) is 60.8 Å². The van der Waals surface area contributed by atoms with Gasteiger partial charge in [-0.1, -0.05) is 48.6 Å². The molecule has 3 nitrogen and oxygen atoms in total. The summed E-state index contributed by atoms with van der Waals surface area (Å²) in [4.78, 5) is 3.26. The minimum atomic E-state index is 0.723. The number of benzene rings is 2. The molecule has 0 amide bonds. The lowest BCUT2D eigenvalue weighted by molar-refractivity contribution is 0.898. The third-order valence-corrected chi connectivity index (χ3v) is 3.73. The van der Waals surface area contributed by atoms with Gasteiger partial charge in [-0.05, 0) is 18.2 Å². The molecule has 0 spiro atoms. The molecule has 0 atom stereocenters. The van der Waals surface area contributed by atoms with Crippen molar-refractivity contribution in [3.63, 3.8) is 0 Å². The van der Waals surface area contributed by atoms with E-state index >= 15 is 0 Å². The smallest absolute Gasteiger partial charge is 0.114 e. The highest BCUT2D eigenvalue weighted by Crippen LogP contribution is 2.24. The number of aromatic amines is 1. The summed E-state index contributed by atoms with van der Waals surface area (Å²) in [6, 6.07) is 18.1. The zero-order valence-corrected chi connectivity index (χ0v) is 11.4. The first-order valence-electron chi connectivity index (χ1n) is 6.39. The van der Waals surface area contributed by atoms with E-state index < -0.39 is 0 Å². The van der Waals surface area contributed by atoms with Crippen LogP contribution in [0.4, 0.5) is 0 Å². The Bertz CT molecular complexity index is 967. The molecule has 0 fully saturated rings. The van der Waals surface area contributed by atoms with E-state index in [9.17, 15) is 0 Å². The predicted molar refractivity (Wildman–Crippen MR) is 83.8 cm³/mol.